The molecule has 2 aliphatic rings. The molecular weight excluding hydrogens is 264 g/mol. The van der Waals surface area contributed by atoms with Gasteiger partial charge in [0.15, 0.2) is 0 Å². The number of pyridine rings is 1. The molecule has 2 fully saturated rings. The lowest BCUT2D eigenvalue weighted by molar-refractivity contribution is 0.0938. The van der Waals surface area contributed by atoms with E-state index in [4.69, 9.17) is 17.3 Å². The molecule has 5 nitrogen and oxygen atoms in total. The van der Waals surface area contributed by atoms with E-state index in [0.717, 1.165) is 25.6 Å². The highest BCUT2D eigenvalue weighted by atomic mass is 35.5. The first-order valence-corrected chi connectivity index (χ1v) is 6.97. The Kier molecular flexibility index (Phi) is 3.33. The lowest BCUT2D eigenvalue weighted by atomic mass is 10.2. The van der Waals surface area contributed by atoms with Gasteiger partial charge in [0.2, 0.25) is 0 Å². The molecule has 1 amide bonds. The third-order valence-corrected chi connectivity index (χ3v) is 3.97. The zero-order chi connectivity index (χ0) is 13.4. The van der Waals surface area contributed by atoms with E-state index in [9.17, 15) is 4.79 Å². The van der Waals surface area contributed by atoms with E-state index >= 15 is 0 Å². The highest BCUT2D eigenvalue weighted by molar-refractivity contribution is 6.29. The van der Waals surface area contributed by atoms with Crippen LogP contribution in [-0.4, -0.2) is 41.0 Å². The summed E-state index contributed by atoms with van der Waals surface area (Å²) in [6.45, 7) is 2.01. The van der Waals surface area contributed by atoms with Gasteiger partial charge in [-0.3, -0.25) is 9.69 Å². The third-order valence-electron chi connectivity index (χ3n) is 3.76. The Hall–Kier alpha value is -1.33. The number of nitrogens with one attached hydrogen (secondary N) is 1. The van der Waals surface area contributed by atoms with Crippen LogP contribution in [0.4, 0.5) is 5.69 Å². The lowest BCUT2D eigenvalue weighted by Gasteiger charge is -2.16. The molecule has 1 aromatic rings. The number of amides is 1. The van der Waals surface area contributed by atoms with Gasteiger partial charge in [-0.2, -0.15) is 0 Å². The number of aromatic nitrogens is 1. The van der Waals surface area contributed by atoms with Crippen LogP contribution in [0.1, 0.15) is 29.6 Å². The largest absolute Gasteiger partial charge is 0.397 e. The number of anilines is 1. The number of halogens is 1. The van der Waals surface area contributed by atoms with E-state index < -0.39 is 0 Å². The maximum Gasteiger partial charge on any atom is 0.253 e. The van der Waals surface area contributed by atoms with Crippen molar-refractivity contribution in [3.63, 3.8) is 0 Å². The number of carbonyl (C=O) groups excluding carboxylic acids is 1. The average Bonchev–Trinajstić information content (AvgIpc) is 3.13. The molecule has 1 saturated carbocycles. The molecule has 0 aromatic carbocycles. The topological polar surface area (TPSA) is 71.2 Å². The molecule has 6 heteroatoms. The van der Waals surface area contributed by atoms with Crippen molar-refractivity contribution in [3.05, 3.63) is 23.0 Å². The van der Waals surface area contributed by atoms with Crippen molar-refractivity contribution in [3.8, 4) is 0 Å². The van der Waals surface area contributed by atoms with E-state index in [1.807, 2.05) is 0 Å². The number of hydrogen-bond donors (Lipinski definition) is 2. The Morgan fingerprint density at radius 1 is 1.47 bits per heavy atom. The first-order chi connectivity index (χ1) is 9.13. The normalized spacial score (nSPS) is 23.5. The summed E-state index contributed by atoms with van der Waals surface area (Å²) in [5.41, 5.74) is 6.53. The summed E-state index contributed by atoms with van der Waals surface area (Å²) < 4.78 is 0. The fourth-order valence-electron chi connectivity index (χ4n) is 2.58. The van der Waals surface area contributed by atoms with Crippen LogP contribution in [0, 0.1) is 0 Å². The molecule has 1 aliphatic carbocycles. The summed E-state index contributed by atoms with van der Waals surface area (Å²) in [4.78, 5) is 18.5. The SMILES string of the molecule is Nc1cnc(Cl)cc1C(=O)NC1CCN(C2CC2)C1. The summed E-state index contributed by atoms with van der Waals surface area (Å²) in [6.07, 6.45) is 5.02. The number of hydrogen-bond acceptors (Lipinski definition) is 4. The summed E-state index contributed by atoms with van der Waals surface area (Å²) in [7, 11) is 0. The van der Waals surface area contributed by atoms with Crippen LogP contribution >= 0.6 is 11.6 Å². The molecule has 1 aliphatic heterocycles. The van der Waals surface area contributed by atoms with Crippen LogP contribution in [0.3, 0.4) is 0 Å². The smallest absolute Gasteiger partial charge is 0.253 e. The Morgan fingerprint density at radius 2 is 2.26 bits per heavy atom. The Bertz CT molecular complexity index is 503. The summed E-state index contributed by atoms with van der Waals surface area (Å²) in [5, 5.41) is 3.31. The van der Waals surface area contributed by atoms with Crippen molar-refractivity contribution in [2.45, 2.75) is 31.3 Å². The number of nitrogens with two attached hydrogens (primary N) is 1. The van der Waals surface area contributed by atoms with Gasteiger partial charge >= 0.3 is 0 Å². The molecule has 2 heterocycles. The molecule has 1 unspecified atom stereocenters. The molecule has 0 radical (unpaired) electrons. The molecule has 1 saturated heterocycles. The van der Waals surface area contributed by atoms with E-state index in [2.05, 4.69) is 15.2 Å². The lowest BCUT2D eigenvalue weighted by Crippen LogP contribution is -2.37. The minimum Gasteiger partial charge on any atom is -0.397 e. The van der Waals surface area contributed by atoms with Gasteiger partial charge in [0.1, 0.15) is 5.15 Å². The number of nitrogens with zero attached hydrogens (tertiary/aromatic N) is 2. The molecule has 102 valence electrons. The number of nitrogen functional groups attached to an aromatic ring is 1. The Labute approximate surface area is 117 Å². The highest BCUT2D eigenvalue weighted by Gasteiger charge is 2.34. The summed E-state index contributed by atoms with van der Waals surface area (Å²) >= 11 is 5.80. The van der Waals surface area contributed by atoms with Gasteiger partial charge in [0.05, 0.1) is 17.4 Å². The zero-order valence-corrected chi connectivity index (χ0v) is 11.4. The van der Waals surface area contributed by atoms with Crippen molar-refractivity contribution in [1.82, 2.24) is 15.2 Å². The first-order valence-electron chi connectivity index (χ1n) is 6.59. The first kappa shape index (κ1) is 12.7. The van der Waals surface area contributed by atoms with Gasteiger partial charge < -0.3 is 11.1 Å². The summed E-state index contributed by atoms with van der Waals surface area (Å²) in [5.74, 6) is -0.163. The van der Waals surface area contributed by atoms with Crippen LogP contribution in [0.5, 0.6) is 0 Å². The molecule has 0 spiro atoms. The fraction of sp³-hybridized carbons (Fsp3) is 0.538. The van der Waals surface area contributed by atoms with Gasteiger partial charge in [-0.05, 0) is 25.3 Å². The predicted molar refractivity (Wildman–Crippen MR) is 74.1 cm³/mol. The molecule has 1 atom stereocenters. The van der Waals surface area contributed by atoms with E-state index in [-0.39, 0.29) is 17.1 Å². The molecule has 3 N–H and O–H groups in total. The minimum absolute atomic E-state index is 0.163. The Balaban J connectivity index is 1.63. The molecule has 19 heavy (non-hydrogen) atoms. The third kappa shape index (κ3) is 2.82. The second-order valence-electron chi connectivity index (χ2n) is 5.28. The van der Waals surface area contributed by atoms with E-state index in [1.54, 1.807) is 0 Å². The van der Waals surface area contributed by atoms with E-state index in [0.29, 0.717) is 11.3 Å². The standard InChI is InChI=1S/C13H17ClN4O/c14-12-5-10(11(15)6-16-12)13(19)17-8-3-4-18(7-8)9-1-2-9/h5-6,8-9H,1-4,7,15H2,(H,17,19). The maximum absolute atomic E-state index is 12.2. The van der Waals surface area contributed by atoms with Gasteiger partial charge in [-0.25, -0.2) is 4.98 Å². The van der Waals surface area contributed by atoms with Crippen molar-refractivity contribution in [2.75, 3.05) is 18.8 Å². The highest BCUT2D eigenvalue weighted by Crippen LogP contribution is 2.29. The second kappa shape index (κ2) is 4.98. The van der Waals surface area contributed by atoms with Crippen molar-refractivity contribution in [1.29, 1.82) is 0 Å². The van der Waals surface area contributed by atoms with Gasteiger partial charge in [-0.1, -0.05) is 11.6 Å². The van der Waals surface area contributed by atoms with Gasteiger partial charge in [0.25, 0.3) is 5.91 Å². The van der Waals surface area contributed by atoms with Crippen LogP contribution in [0.15, 0.2) is 12.3 Å². The van der Waals surface area contributed by atoms with Crippen LogP contribution < -0.4 is 11.1 Å². The molecule has 3 rings (SSSR count). The summed E-state index contributed by atoms with van der Waals surface area (Å²) in [6, 6.07) is 2.47. The number of rotatable bonds is 3. The van der Waals surface area contributed by atoms with Gasteiger partial charge in [0, 0.05) is 25.2 Å². The van der Waals surface area contributed by atoms with Crippen molar-refractivity contribution in [2.24, 2.45) is 0 Å². The van der Waals surface area contributed by atoms with E-state index in [1.165, 1.54) is 25.1 Å². The van der Waals surface area contributed by atoms with Crippen molar-refractivity contribution >= 4 is 23.2 Å². The zero-order valence-electron chi connectivity index (χ0n) is 10.6. The minimum atomic E-state index is -0.163. The van der Waals surface area contributed by atoms with Crippen LogP contribution in [-0.2, 0) is 0 Å². The molecular formula is C13H17ClN4O. The fourth-order valence-corrected chi connectivity index (χ4v) is 2.73. The number of carbonyl (C=O) groups is 1. The maximum atomic E-state index is 12.2. The molecule has 0 bridgehead atoms. The van der Waals surface area contributed by atoms with Crippen molar-refractivity contribution < 1.29 is 4.79 Å². The average molecular weight is 281 g/mol. The second-order valence-corrected chi connectivity index (χ2v) is 5.67. The number of likely N-dealkylation sites (tertiary alicyclic amines) is 1. The monoisotopic (exact) mass is 280 g/mol. The predicted octanol–water partition coefficient (Wildman–Crippen LogP) is 1.28. The molecule has 1 aromatic heterocycles. The van der Waals surface area contributed by atoms with Crippen LogP contribution in [0.2, 0.25) is 5.15 Å². The van der Waals surface area contributed by atoms with Gasteiger partial charge in [-0.15, -0.1) is 0 Å². The quantitative estimate of drug-likeness (QED) is 0.819. The van der Waals surface area contributed by atoms with Crippen LogP contribution in [0.25, 0.3) is 0 Å². The Morgan fingerprint density at radius 3 is 3.00 bits per heavy atom.